The predicted octanol–water partition coefficient (Wildman–Crippen LogP) is 11.1. The summed E-state index contributed by atoms with van der Waals surface area (Å²) >= 11 is 3.68. The van der Waals surface area contributed by atoms with E-state index in [1.807, 2.05) is 22.7 Å². The van der Waals surface area contributed by atoms with Crippen molar-refractivity contribution < 1.29 is 0 Å². The van der Waals surface area contributed by atoms with Gasteiger partial charge >= 0.3 is 0 Å². The number of pyridine rings is 1. The number of rotatable bonds is 4. The Labute approximate surface area is 234 Å². The second-order valence-corrected chi connectivity index (χ2v) is 14.2. The normalized spacial score (nSPS) is 12.4. The number of aromatic nitrogens is 1. The molecule has 0 atom stereocenters. The van der Waals surface area contributed by atoms with Crippen molar-refractivity contribution in [2.24, 2.45) is 5.92 Å². The summed E-state index contributed by atoms with van der Waals surface area (Å²) in [4.78, 5) is 7.75. The molecule has 3 heterocycles. The molecule has 1 nitrogen and oxygen atoms in total. The number of aryl methyl sites for hydroxylation is 2. The maximum absolute atomic E-state index is 5.27. The van der Waals surface area contributed by atoms with Crippen molar-refractivity contribution >= 4 is 53.7 Å². The minimum Gasteiger partial charge on any atom is -0.237 e. The van der Waals surface area contributed by atoms with Gasteiger partial charge in [0.2, 0.25) is 0 Å². The molecular formula is C35H35NS2. The lowest BCUT2D eigenvalue weighted by Crippen LogP contribution is -2.12. The van der Waals surface area contributed by atoms with Crippen LogP contribution < -0.4 is 0 Å². The molecule has 0 aliphatic heterocycles. The van der Waals surface area contributed by atoms with E-state index in [-0.39, 0.29) is 5.41 Å². The fourth-order valence-corrected chi connectivity index (χ4v) is 7.67. The summed E-state index contributed by atoms with van der Waals surface area (Å²) in [6.07, 6.45) is 1.11. The van der Waals surface area contributed by atoms with Crippen LogP contribution >= 0.6 is 22.7 Å². The molecule has 0 radical (unpaired) electrons. The molecule has 0 amide bonds. The number of fused-ring (bicyclic) bond motifs is 3. The van der Waals surface area contributed by atoms with E-state index in [1.165, 1.54) is 64.5 Å². The van der Waals surface area contributed by atoms with E-state index in [2.05, 4.69) is 115 Å². The first-order chi connectivity index (χ1) is 18.1. The van der Waals surface area contributed by atoms with Crippen LogP contribution in [0.5, 0.6) is 0 Å². The molecule has 3 aromatic carbocycles. The van der Waals surface area contributed by atoms with E-state index in [0.717, 1.165) is 16.9 Å². The molecular weight excluding hydrogens is 499 g/mol. The zero-order chi connectivity index (χ0) is 26.8. The van der Waals surface area contributed by atoms with Crippen LogP contribution in [0.25, 0.3) is 53.5 Å². The van der Waals surface area contributed by atoms with Crippen molar-refractivity contribution in [1.29, 1.82) is 0 Å². The second kappa shape index (κ2) is 9.32. The van der Waals surface area contributed by atoms with E-state index in [9.17, 15) is 0 Å². The van der Waals surface area contributed by atoms with E-state index >= 15 is 0 Å². The highest BCUT2D eigenvalue weighted by Crippen LogP contribution is 2.42. The third-order valence-corrected chi connectivity index (χ3v) is 9.81. The van der Waals surface area contributed by atoms with Crippen LogP contribution in [0.15, 0.2) is 66.0 Å². The summed E-state index contributed by atoms with van der Waals surface area (Å²) in [5.41, 5.74) is 9.04. The highest BCUT2D eigenvalue weighted by molar-refractivity contribution is 7.19. The molecule has 0 aliphatic rings. The third kappa shape index (κ3) is 4.36. The van der Waals surface area contributed by atoms with Crippen LogP contribution in [0, 0.1) is 19.8 Å². The number of hydrogen-bond acceptors (Lipinski definition) is 3. The minimum atomic E-state index is 0.0372. The van der Waals surface area contributed by atoms with Gasteiger partial charge in [0.25, 0.3) is 0 Å². The molecule has 3 aromatic heterocycles. The maximum Gasteiger partial charge on any atom is 0.125 e. The Morgan fingerprint density at radius 2 is 1.66 bits per heavy atom. The van der Waals surface area contributed by atoms with Crippen molar-refractivity contribution in [2.45, 2.75) is 60.3 Å². The van der Waals surface area contributed by atoms with Crippen molar-refractivity contribution in [1.82, 2.24) is 4.98 Å². The molecule has 0 fully saturated rings. The van der Waals surface area contributed by atoms with Crippen molar-refractivity contribution in [3.05, 3.63) is 87.6 Å². The molecule has 0 saturated heterocycles. The lowest BCUT2D eigenvalue weighted by molar-refractivity contribution is 0.596. The second-order valence-electron chi connectivity index (χ2n) is 12.1. The van der Waals surface area contributed by atoms with Crippen LogP contribution in [0.2, 0.25) is 0 Å². The van der Waals surface area contributed by atoms with E-state index in [0.29, 0.717) is 5.92 Å². The van der Waals surface area contributed by atoms with Crippen LogP contribution in [0.4, 0.5) is 0 Å². The van der Waals surface area contributed by atoms with E-state index < -0.39 is 0 Å². The molecule has 6 aromatic rings. The quantitative estimate of drug-likeness (QED) is 0.220. The van der Waals surface area contributed by atoms with Gasteiger partial charge in [-0.15, -0.1) is 22.7 Å². The van der Waals surface area contributed by atoms with Crippen molar-refractivity contribution in [2.75, 3.05) is 0 Å². The summed E-state index contributed by atoms with van der Waals surface area (Å²) in [6.45, 7) is 16.0. The third-order valence-electron chi connectivity index (χ3n) is 7.70. The van der Waals surface area contributed by atoms with E-state index in [1.54, 1.807) is 0 Å². The van der Waals surface area contributed by atoms with Gasteiger partial charge in [0.1, 0.15) is 4.83 Å². The zero-order valence-corrected chi connectivity index (χ0v) is 25.0. The monoisotopic (exact) mass is 533 g/mol. The molecule has 38 heavy (non-hydrogen) atoms. The van der Waals surface area contributed by atoms with Gasteiger partial charge in [0, 0.05) is 20.5 Å². The average molecular weight is 534 g/mol. The van der Waals surface area contributed by atoms with Crippen LogP contribution in [0.1, 0.15) is 56.2 Å². The van der Waals surface area contributed by atoms with Gasteiger partial charge in [0.05, 0.1) is 5.69 Å². The average Bonchev–Trinajstić information content (AvgIpc) is 3.41. The summed E-state index contributed by atoms with van der Waals surface area (Å²) in [6, 6.07) is 22.8. The number of benzene rings is 3. The lowest BCUT2D eigenvalue weighted by atomic mass is 9.82. The summed E-state index contributed by atoms with van der Waals surface area (Å²) in [7, 11) is 0. The molecule has 6 rings (SSSR count). The first-order valence-corrected chi connectivity index (χ1v) is 15.2. The summed E-state index contributed by atoms with van der Waals surface area (Å²) in [5.74, 6) is 0.641. The van der Waals surface area contributed by atoms with Gasteiger partial charge in [-0.3, -0.25) is 0 Å². The van der Waals surface area contributed by atoms with Crippen molar-refractivity contribution in [3.8, 4) is 22.4 Å². The molecule has 0 unspecified atom stereocenters. The van der Waals surface area contributed by atoms with Gasteiger partial charge in [-0.25, -0.2) is 4.98 Å². The molecule has 0 N–H and O–H groups in total. The van der Waals surface area contributed by atoms with Gasteiger partial charge in [-0.1, -0.05) is 65.0 Å². The van der Waals surface area contributed by atoms with Crippen molar-refractivity contribution in [3.63, 3.8) is 0 Å². The van der Waals surface area contributed by atoms with Gasteiger partial charge in [0.15, 0.2) is 0 Å². The Morgan fingerprint density at radius 3 is 2.42 bits per heavy atom. The Hall–Kier alpha value is -3.01. The topological polar surface area (TPSA) is 12.9 Å². The smallest absolute Gasteiger partial charge is 0.125 e. The van der Waals surface area contributed by atoms with Crippen LogP contribution in [-0.4, -0.2) is 4.98 Å². The van der Waals surface area contributed by atoms with Crippen LogP contribution in [-0.2, 0) is 11.8 Å². The Balaban J connectivity index is 1.62. The van der Waals surface area contributed by atoms with Gasteiger partial charge < -0.3 is 0 Å². The summed E-state index contributed by atoms with van der Waals surface area (Å²) < 4.78 is 1.37. The van der Waals surface area contributed by atoms with Crippen LogP contribution in [0.3, 0.4) is 0 Å². The summed E-state index contributed by atoms with van der Waals surface area (Å²) in [5, 5.41) is 7.65. The molecule has 0 saturated carbocycles. The number of nitrogens with zero attached hydrogens (tertiary/aromatic N) is 1. The Kier molecular flexibility index (Phi) is 6.20. The van der Waals surface area contributed by atoms with E-state index in [4.69, 9.17) is 4.98 Å². The lowest BCUT2D eigenvalue weighted by Gasteiger charge is -2.23. The molecule has 0 aliphatic carbocycles. The molecule has 0 bridgehead atoms. The first kappa shape index (κ1) is 25.3. The molecule has 0 spiro atoms. The maximum atomic E-state index is 5.27. The molecule has 3 heteroatoms. The van der Waals surface area contributed by atoms with Gasteiger partial charge in [-0.2, -0.15) is 0 Å². The zero-order valence-electron chi connectivity index (χ0n) is 23.4. The Morgan fingerprint density at radius 1 is 0.868 bits per heavy atom. The highest BCUT2D eigenvalue weighted by Gasteiger charge is 2.21. The number of thiophene rings is 2. The fraction of sp³-hybridized carbons (Fsp3) is 0.286. The highest BCUT2D eigenvalue weighted by atomic mass is 32.1. The molecule has 192 valence electrons. The first-order valence-electron chi connectivity index (χ1n) is 13.5. The minimum absolute atomic E-state index is 0.0372. The Bertz CT molecular complexity index is 1820. The van der Waals surface area contributed by atoms with Gasteiger partial charge in [-0.05, 0) is 111 Å². The standard InChI is InChI=1S/C35H35NS2/c1-20(2)14-26-19-37-32-13-12-24(16-28(26)32)29-18-31(36-34-33(29)21(3)22(4)38-34)25-15-23-10-8-9-11-27(23)30(17-25)35(5,6)7/h8-13,15-20H,14H2,1-7H3. The fourth-order valence-electron chi connectivity index (χ4n) is 5.66. The number of hydrogen-bond donors (Lipinski definition) is 0. The largest absolute Gasteiger partial charge is 0.237 e. The SMILES string of the molecule is Cc1sc2nc(-c3cc(C(C)(C)C)c4ccccc4c3)cc(-c3ccc4scc(CC(C)C)c4c3)c2c1C. The predicted molar refractivity (Wildman–Crippen MR) is 170 cm³/mol.